The molecule has 0 radical (unpaired) electrons. The molecule has 1 aromatic carbocycles. The maximum absolute atomic E-state index is 13.1. The molecule has 1 aromatic rings. The van der Waals surface area contributed by atoms with Gasteiger partial charge >= 0.3 is 6.09 Å². The average Bonchev–Trinajstić information content (AvgIpc) is 2.67. The van der Waals surface area contributed by atoms with Crippen LogP contribution in [0.1, 0.15) is 32.8 Å². The highest BCUT2D eigenvalue weighted by atomic mass is 16.6. The third kappa shape index (κ3) is 6.58. The van der Waals surface area contributed by atoms with E-state index in [2.05, 4.69) is 6.58 Å². The Morgan fingerprint density at radius 1 is 1.31 bits per heavy atom. The van der Waals surface area contributed by atoms with E-state index >= 15 is 0 Å². The number of rotatable bonds is 8. The number of aliphatic hydroxyl groups is 1. The molecule has 2 atom stereocenters. The summed E-state index contributed by atoms with van der Waals surface area (Å²) in [4.78, 5) is 28.7. The summed E-state index contributed by atoms with van der Waals surface area (Å²) in [6, 6.07) is 8.54. The van der Waals surface area contributed by atoms with Gasteiger partial charge in [0.05, 0.1) is 25.9 Å². The number of ether oxygens (including phenoxy) is 2. The van der Waals surface area contributed by atoms with Gasteiger partial charge in [0, 0.05) is 13.1 Å². The van der Waals surface area contributed by atoms with Crippen LogP contribution in [-0.2, 0) is 20.9 Å². The predicted molar refractivity (Wildman–Crippen MR) is 110 cm³/mol. The normalized spacial score (nSPS) is 18.5. The summed E-state index contributed by atoms with van der Waals surface area (Å²) in [7, 11) is 0. The first-order valence-electron chi connectivity index (χ1n) is 9.90. The molecule has 0 spiro atoms. The Morgan fingerprint density at radius 3 is 2.59 bits per heavy atom. The first-order chi connectivity index (χ1) is 13.8. The van der Waals surface area contributed by atoms with Crippen molar-refractivity contribution in [2.75, 3.05) is 26.3 Å². The molecule has 7 heteroatoms. The lowest BCUT2D eigenvalue weighted by Crippen LogP contribution is -2.62. The molecule has 0 aliphatic carbocycles. The minimum absolute atomic E-state index is 0.213. The SMILES string of the molecule is C=CC[C@H]1C(=O)N([C@H](CO)COCc2ccccc2)CCN1C(=O)OC(C)(C)C. The first-order valence-corrected chi connectivity index (χ1v) is 9.90. The van der Waals surface area contributed by atoms with Crippen LogP contribution in [0.2, 0.25) is 0 Å². The molecule has 1 N–H and O–H groups in total. The summed E-state index contributed by atoms with van der Waals surface area (Å²) >= 11 is 0. The molecule has 1 heterocycles. The highest BCUT2D eigenvalue weighted by Crippen LogP contribution is 2.21. The molecule has 0 unspecified atom stereocenters. The summed E-state index contributed by atoms with van der Waals surface area (Å²) in [5, 5.41) is 9.84. The van der Waals surface area contributed by atoms with Gasteiger partial charge in [-0.1, -0.05) is 36.4 Å². The molecule has 2 amide bonds. The number of nitrogens with zero attached hydrogens (tertiary/aromatic N) is 2. The zero-order valence-electron chi connectivity index (χ0n) is 17.5. The molecule has 0 saturated carbocycles. The van der Waals surface area contributed by atoms with Crippen LogP contribution in [0.15, 0.2) is 43.0 Å². The maximum atomic E-state index is 13.1. The van der Waals surface area contributed by atoms with Gasteiger partial charge in [-0.3, -0.25) is 9.69 Å². The van der Waals surface area contributed by atoms with Gasteiger partial charge < -0.3 is 19.5 Å². The van der Waals surface area contributed by atoms with Crippen molar-refractivity contribution in [2.45, 2.75) is 51.5 Å². The zero-order valence-corrected chi connectivity index (χ0v) is 17.5. The van der Waals surface area contributed by atoms with Crippen LogP contribution in [0.4, 0.5) is 4.79 Å². The lowest BCUT2D eigenvalue weighted by Gasteiger charge is -2.43. The Balaban J connectivity index is 2.02. The van der Waals surface area contributed by atoms with Gasteiger partial charge in [-0.05, 0) is 32.8 Å². The molecule has 1 saturated heterocycles. The summed E-state index contributed by atoms with van der Waals surface area (Å²) in [5.74, 6) is -0.232. The number of aliphatic hydroxyl groups excluding tert-OH is 1. The number of hydrogen-bond donors (Lipinski definition) is 1. The van der Waals surface area contributed by atoms with E-state index in [1.54, 1.807) is 31.7 Å². The standard InChI is InChI=1S/C22H32N2O5/c1-5-9-19-20(26)23(12-13-24(19)21(27)29-22(2,3)4)18(14-25)16-28-15-17-10-7-6-8-11-17/h5-8,10-11,18-19,25H,1,9,12-16H2,2-4H3/t18-,19+/m1/s1. The molecular weight excluding hydrogens is 372 g/mol. The fourth-order valence-corrected chi connectivity index (χ4v) is 3.22. The minimum Gasteiger partial charge on any atom is -0.444 e. The van der Waals surface area contributed by atoms with E-state index in [1.807, 2.05) is 30.3 Å². The largest absolute Gasteiger partial charge is 0.444 e. The third-order valence-electron chi connectivity index (χ3n) is 4.62. The molecule has 1 fully saturated rings. The van der Waals surface area contributed by atoms with Crippen LogP contribution in [0.5, 0.6) is 0 Å². The van der Waals surface area contributed by atoms with Gasteiger partial charge in [0.1, 0.15) is 11.6 Å². The number of carbonyl (C=O) groups excluding carboxylic acids is 2. The maximum Gasteiger partial charge on any atom is 0.411 e. The molecule has 1 aliphatic heterocycles. The van der Waals surface area contributed by atoms with E-state index in [4.69, 9.17) is 9.47 Å². The quantitative estimate of drug-likeness (QED) is 0.674. The van der Waals surface area contributed by atoms with Gasteiger partial charge in [0.25, 0.3) is 0 Å². The van der Waals surface area contributed by atoms with Crippen LogP contribution >= 0.6 is 0 Å². The summed E-state index contributed by atoms with van der Waals surface area (Å²) in [6.07, 6.45) is 1.42. The van der Waals surface area contributed by atoms with E-state index in [9.17, 15) is 14.7 Å². The van der Waals surface area contributed by atoms with Crippen molar-refractivity contribution in [3.05, 3.63) is 48.6 Å². The van der Waals surface area contributed by atoms with E-state index in [-0.39, 0.29) is 19.1 Å². The fraction of sp³-hybridized carbons (Fsp3) is 0.545. The number of hydrogen-bond acceptors (Lipinski definition) is 5. The van der Waals surface area contributed by atoms with Crippen molar-refractivity contribution in [2.24, 2.45) is 0 Å². The monoisotopic (exact) mass is 404 g/mol. The topological polar surface area (TPSA) is 79.3 Å². The highest BCUT2D eigenvalue weighted by Gasteiger charge is 2.40. The van der Waals surface area contributed by atoms with Gasteiger partial charge in [0.15, 0.2) is 0 Å². The first kappa shape index (κ1) is 22.9. The van der Waals surface area contributed by atoms with Gasteiger partial charge in [-0.2, -0.15) is 0 Å². The molecule has 0 aromatic heterocycles. The van der Waals surface area contributed by atoms with Gasteiger partial charge in [-0.15, -0.1) is 6.58 Å². The van der Waals surface area contributed by atoms with Crippen LogP contribution in [0, 0.1) is 0 Å². The summed E-state index contributed by atoms with van der Waals surface area (Å²) < 4.78 is 11.2. The Bertz CT molecular complexity index is 686. The summed E-state index contributed by atoms with van der Waals surface area (Å²) in [6.45, 7) is 10.1. The van der Waals surface area contributed by atoms with Gasteiger partial charge in [-0.25, -0.2) is 4.79 Å². The smallest absolute Gasteiger partial charge is 0.411 e. The number of benzene rings is 1. The number of amides is 2. The third-order valence-corrected chi connectivity index (χ3v) is 4.62. The van der Waals surface area contributed by atoms with E-state index in [1.165, 1.54) is 4.90 Å². The molecule has 29 heavy (non-hydrogen) atoms. The van der Waals surface area contributed by atoms with Crippen LogP contribution in [-0.4, -0.2) is 70.9 Å². The zero-order chi connectivity index (χ0) is 21.4. The lowest BCUT2D eigenvalue weighted by atomic mass is 10.1. The Morgan fingerprint density at radius 2 is 2.00 bits per heavy atom. The summed E-state index contributed by atoms with van der Waals surface area (Å²) in [5.41, 5.74) is 0.379. The van der Waals surface area contributed by atoms with E-state index in [0.29, 0.717) is 26.1 Å². The molecule has 1 aliphatic rings. The van der Waals surface area contributed by atoms with E-state index < -0.39 is 23.8 Å². The van der Waals surface area contributed by atoms with Crippen molar-refractivity contribution in [3.8, 4) is 0 Å². The molecule has 7 nitrogen and oxygen atoms in total. The minimum atomic E-state index is -0.695. The molecule has 0 bridgehead atoms. The number of carbonyl (C=O) groups is 2. The van der Waals surface area contributed by atoms with Crippen LogP contribution in [0.3, 0.4) is 0 Å². The average molecular weight is 405 g/mol. The lowest BCUT2D eigenvalue weighted by molar-refractivity contribution is -0.147. The molecule has 2 rings (SSSR count). The van der Waals surface area contributed by atoms with E-state index in [0.717, 1.165) is 5.56 Å². The van der Waals surface area contributed by atoms with Crippen molar-refractivity contribution in [3.63, 3.8) is 0 Å². The second-order valence-corrected chi connectivity index (χ2v) is 8.08. The second-order valence-electron chi connectivity index (χ2n) is 8.08. The highest BCUT2D eigenvalue weighted by molar-refractivity contribution is 5.87. The fourth-order valence-electron chi connectivity index (χ4n) is 3.22. The van der Waals surface area contributed by atoms with Crippen LogP contribution < -0.4 is 0 Å². The Hall–Kier alpha value is -2.38. The predicted octanol–water partition coefficient (Wildman–Crippen LogP) is 2.59. The second kappa shape index (κ2) is 10.4. The van der Waals surface area contributed by atoms with Crippen molar-refractivity contribution in [1.29, 1.82) is 0 Å². The van der Waals surface area contributed by atoms with Crippen LogP contribution in [0.25, 0.3) is 0 Å². The van der Waals surface area contributed by atoms with Crippen molar-refractivity contribution in [1.82, 2.24) is 9.80 Å². The van der Waals surface area contributed by atoms with Gasteiger partial charge in [0.2, 0.25) is 5.91 Å². The van der Waals surface area contributed by atoms with Crippen molar-refractivity contribution >= 4 is 12.0 Å². The number of piperazine rings is 1. The Labute approximate surface area is 172 Å². The molecular formula is C22H32N2O5. The Kier molecular flexibility index (Phi) is 8.22. The molecule has 160 valence electrons. The van der Waals surface area contributed by atoms with Crippen molar-refractivity contribution < 1.29 is 24.2 Å².